The molecule has 1 heterocycles. The molecule has 0 radical (unpaired) electrons. The zero-order valence-electron chi connectivity index (χ0n) is 23.3. The molecule has 3 aliphatic carbocycles. The number of methoxy groups -OCH3 is 1. The summed E-state index contributed by atoms with van der Waals surface area (Å²) < 4.78 is 11.5. The first-order valence-corrected chi connectivity index (χ1v) is 15.1. The van der Waals surface area contributed by atoms with E-state index >= 15 is 0 Å². The third-order valence-electron chi connectivity index (χ3n) is 9.53. The minimum absolute atomic E-state index is 0.0906. The standard InChI is InChI=1S/C34H44O4/c1-3-4-5-6-7-8-9-10-11-12-13-22-29-31(32(35)37-2)34(33(36)38-29)23-28-24-18-14-16-20-26(24)30(34)27-21-17-15-19-25(27)28/h14-21,28-31H,3-13,22-23H2,1-2H3/t28?,29-,30?,31+,34+/m0/s1. The molecule has 1 aliphatic heterocycles. The van der Waals surface area contributed by atoms with E-state index in [0.717, 1.165) is 19.3 Å². The van der Waals surface area contributed by atoms with Crippen LogP contribution in [0, 0.1) is 11.3 Å². The molecule has 4 heteroatoms. The Morgan fingerprint density at radius 3 is 1.84 bits per heavy atom. The number of hydrogen-bond donors (Lipinski definition) is 0. The lowest BCUT2D eigenvalue weighted by Gasteiger charge is -2.51. The van der Waals surface area contributed by atoms with Crippen LogP contribution in [0.5, 0.6) is 0 Å². The third kappa shape index (κ3) is 4.80. The van der Waals surface area contributed by atoms with E-state index in [0.29, 0.717) is 6.42 Å². The number of ether oxygens (including phenoxy) is 2. The van der Waals surface area contributed by atoms with Gasteiger partial charge in [0.05, 0.1) is 12.5 Å². The fourth-order valence-corrected chi connectivity index (χ4v) is 7.75. The van der Waals surface area contributed by atoms with Gasteiger partial charge in [-0.05, 0) is 41.5 Å². The first-order valence-electron chi connectivity index (χ1n) is 15.1. The van der Waals surface area contributed by atoms with Crippen LogP contribution in [0.4, 0.5) is 0 Å². The molecule has 1 spiro atoms. The number of unbranched alkanes of at least 4 members (excludes halogenated alkanes) is 10. The summed E-state index contributed by atoms with van der Waals surface area (Å²) in [7, 11) is 1.45. The van der Waals surface area contributed by atoms with Gasteiger partial charge in [0.15, 0.2) is 0 Å². The van der Waals surface area contributed by atoms with Crippen molar-refractivity contribution in [3.63, 3.8) is 0 Å². The number of esters is 2. The fourth-order valence-electron chi connectivity index (χ4n) is 7.75. The number of benzene rings is 2. The van der Waals surface area contributed by atoms with Crippen molar-refractivity contribution in [2.24, 2.45) is 11.3 Å². The van der Waals surface area contributed by atoms with Gasteiger partial charge in [0.1, 0.15) is 12.0 Å². The molecule has 0 unspecified atom stereocenters. The summed E-state index contributed by atoms with van der Waals surface area (Å²) in [6, 6.07) is 16.9. The van der Waals surface area contributed by atoms with Crippen LogP contribution in [-0.4, -0.2) is 25.2 Å². The van der Waals surface area contributed by atoms with Crippen molar-refractivity contribution in [1.82, 2.24) is 0 Å². The summed E-state index contributed by atoms with van der Waals surface area (Å²) in [5.74, 6) is -1.17. The van der Waals surface area contributed by atoms with Gasteiger partial charge in [-0.1, -0.05) is 120 Å². The van der Waals surface area contributed by atoms with E-state index in [-0.39, 0.29) is 23.8 Å². The smallest absolute Gasteiger partial charge is 0.314 e. The van der Waals surface area contributed by atoms with Gasteiger partial charge in [0, 0.05) is 11.8 Å². The summed E-state index contributed by atoms with van der Waals surface area (Å²) in [5, 5.41) is 0. The van der Waals surface area contributed by atoms with Crippen molar-refractivity contribution in [3.05, 3.63) is 70.8 Å². The molecule has 3 atom stereocenters. The van der Waals surface area contributed by atoms with Crippen molar-refractivity contribution in [1.29, 1.82) is 0 Å². The van der Waals surface area contributed by atoms with E-state index in [9.17, 15) is 9.59 Å². The molecule has 2 bridgehead atoms. The van der Waals surface area contributed by atoms with E-state index in [1.165, 1.54) is 87.2 Å². The molecule has 2 aromatic rings. The molecule has 4 nitrogen and oxygen atoms in total. The number of cyclic esters (lactones) is 1. The van der Waals surface area contributed by atoms with Crippen molar-refractivity contribution < 1.29 is 19.1 Å². The monoisotopic (exact) mass is 516 g/mol. The third-order valence-corrected chi connectivity index (χ3v) is 9.53. The average molecular weight is 517 g/mol. The molecule has 1 fully saturated rings. The molecular formula is C34H44O4. The van der Waals surface area contributed by atoms with Gasteiger partial charge in [0.2, 0.25) is 0 Å². The number of carbonyl (C=O) groups is 2. The minimum Gasteiger partial charge on any atom is -0.469 e. The topological polar surface area (TPSA) is 52.6 Å². The molecule has 1 saturated heterocycles. The second kappa shape index (κ2) is 12.1. The van der Waals surface area contributed by atoms with Crippen LogP contribution in [0.1, 0.15) is 124 Å². The van der Waals surface area contributed by atoms with Crippen LogP contribution in [0.3, 0.4) is 0 Å². The van der Waals surface area contributed by atoms with Gasteiger partial charge in [-0.3, -0.25) is 9.59 Å². The van der Waals surface area contributed by atoms with Crippen LogP contribution in [0.15, 0.2) is 48.5 Å². The number of carbonyl (C=O) groups excluding carboxylic acids is 2. The highest BCUT2D eigenvalue weighted by molar-refractivity contribution is 5.92. The van der Waals surface area contributed by atoms with Crippen LogP contribution >= 0.6 is 0 Å². The first-order chi connectivity index (χ1) is 18.6. The zero-order valence-corrected chi connectivity index (χ0v) is 23.3. The molecule has 0 N–H and O–H groups in total. The largest absolute Gasteiger partial charge is 0.469 e. The summed E-state index contributed by atoms with van der Waals surface area (Å²) in [5.41, 5.74) is 4.01. The molecule has 0 saturated carbocycles. The molecule has 6 rings (SSSR count). The van der Waals surface area contributed by atoms with Crippen molar-refractivity contribution in [3.8, 4) is 0 Å². The lowest BCUT2D eigenvalue weighted by Crippen LogP contribution is -2.51. The molecule has 2 aromatic carbocycles. The SMILES string of the molecule is CCCCCCCCCCCCC[C@@H]1OC(=O)[C@@]2(CC3c4ccccc4C2c2ccccc23)[C@H]1C(=O)OC. The van der Waals surface area contributed by atoms with Gasteiger partial charge in [-0.25, -0.2) is 0 Å². The fraction of sp³-hybridized carbons (Fsp3) is 0.588. The highest BCUT2D eigenvalue weighted by Crippen LogP contribution is 2.66. The summed E-state index contributed by atoms with van der Waals surface area (Å²) in [6.07, 6.45) is 14.9. The quantitative estimate of drug-likeness (QED) is 0.199. The Morgan fingerprint density at radius 2 is 1.32 bits per heavy atom. The highest BCUT2D eigenvalue weighted by Gasteiger charge is 2.69. The van der Waals surface area contributed by atoms with Gasteiger partial charge in [0.25, 0.3) is 0 Å². The normalized spacial score (nSPS) is 26.7. The summed E-state index contributed by atoms with van der Waals surface area (Å²) in [4.78, 5) is 27.3. The predicted octanol–water partition coefficient (Wildman–Crippen LogP) is 8.07. The maximum absolute atomic E-state index is 13.9. The van der Waals surface area contributed by atoms with E-state index in [1.54, 1.807) is 0 Å². The second-order valence-electron chi connectivity index (χ2n) is 11.8. The van der Waals surface area contributed by atoms with Crippen molar-refractivity contribution in [2.75, 3.05) is 7.11 Å². The van der Waals surface area contributed by atoms with E-state index < -0.39 is 17.4 Å². The Balaban J connectivity index is 1.27. The second-order valence-corrected chi connectivity index (χ2v) is 11.8. The Morgan fingerprint density at radius 1 is 0.816 bits per heavy atom. The van der Waals surface area contributed by atoms with Gasteiger partial charge < -0.3 is 9.47 Å². The summed E-state index contributed by atoms with van der Waals surface area (Å²) in [6.45, 7) is 2.26. The zero-order chi connectivity index (χ0) is 26.5. The molecule has 204 valence electrons. The maximum atomic E-state index is 13.9. The Bertz CT molecular complexity index is 1080. The number of rotatable bonds is 13. The average Bonchev–Trinajstić information content (AvgIpc) is 3.21. The summed E-state index contributed by atoms with van der Waals surface area (Å²) >= 11 is 0. The lowest BCUT2D eigenvalue weighted by molar-refractivity contribution is -0.155. The Kier molecular flexibility index (Phi) is 8.55. The van der Waals surface area contributed by atoms with Crippen molar-refractivity contribution in [2.45, 2.75) is 108 Å². The van der Waals surface area contributed by atoms with Gasteiger partial charge in [-0.2, -0.15) is 0 Å². The van der Waals surface area contributed by atoms with E-state index in [2.05, 4.69) is 43.3 Å². The Labute approximate surface area is 228 Å². The minimum atomic E-state index is -0.900. The van der Waals surface area contributed by atoms with Crippen molar-refractivity contribution >= 4 is 11.9 Å². The highest BCUT2D eigenvalue weighted by atomic mass is 16.6. The molecule has 4 aliphatic rings. The molecule has 38 heavy (non-hydrogen) atoms. The van der Waals surface area contributed by atoms with Gasteiger partial charge in [-0.15, -0.1) is 0 Å². The lowest BCUT2D eigenvalue weighted by atomic mass is 9.48. The van der Waals surface area contributed by atoms with E-state index in [1.807, 2.05) is 12.1 Å². The molecule has 0 aromatic heterocycles. The van der Waals surface area contributed by atoms with Crippen LogP contribution in [0.25, 0.3) is 0 Å². The van der Waals surface area contributed by atoms with Crippen LogP contribution in [-0.2, 0) is 19.1 Å². The first kappa shape index (κ1) is 27.0. The van der Waals surface area contributed by atoms with Crippen LogP contribution in [0.2, 0.25) is 0 Å². The van der Waals surface area contributed by atoms with Gasteiger partial charge >= 0.3 is 11.9 Å². The molecule has 0 amide bonds. The number of hydrogen-bond acceptors (Lipinski definition) is 4. The van der Waals surface area contributed by atoms with E-state index in [4.69, 9.17) is 9.47 Å². The predicted molar refractivity (Wildman–Crippen MR) is 150 cm³/mol. The Hall–Kier alpha value is -2.62. The van der Waals surface area contributed by atoms with Crippen LogP contribution < -0.4 is 0 Å². The maximum Gasteiger partial charge on any atom is 0.314 e. The molecular weight excluding hydrogens is 472 g/mol.